The van der Waals surface area contributed by atoms with Gasteiger partial charge in [0.15, 0.2) is 41.2 Å². The zero-order valence-electron chi connectivity index (χ0n) is 29.2. The minimum absolute atomic E-state index is 0.0323. The molecule has 0 aliphatic carbocycles. The molecule has 4 saturated heterocycles. The number of carbonyl (C=O) groups is 1. The van der Waals surface area contributed by atoms with Crippen molar-refractivity contribution in [3.63, 3.8) is 0 Å². The normalized spacial score (nSPS) is 34.0. The molecule has 25 heteroatoms. The largest absolute Gasteiger partial charge is 0.367 e. The van der Waals surface area contributed by atoms with Crippen LogP contribution in [0, 0.1) is 11.3 Å². The van der Waals surface area contributed by atoms with Crippen LogP contribution in [-0.4, -0.2) is 112 Å². The van der Waals surface area contributed by atoms with Crippen LogP contribution in [-0.2, 0) is 66.9 Å². The van der Waals surface area contributed by atoms with Gasteiger partial charge in [-0.05, 0) is 23.6 Å². The Morgan fingerprint density at radius 1 is 1.04 bits per heavy atom. The molecule has 2 N–H and O–H groups in total. The minimum atomic E-state index is -4.19. The third-order valence-electron chi connectivity index (χ3n) is 9.84. The Kier molecular flexibility index (Phi) is 10.2. The number of ether oxygens (including phenoxy) is 3. The molecule has 57 heavy (non-hydrogen) atoms. The summed E-state index contributed by atoms with van der Waals surface area (Å²) in [6.45, 7) is -9.50. The van der Waals surface area contributed by atoms with E-state index in [9.17, 15) is 19.7 Å². The number of imidazole rings is 2. The second-order valence-corrected chi connectivity index (χ2v) is 19.1. The molecule has 0 radical (unpaired) electrons. The van der Waals surface area contributed by atoms with E-state index in [1.54, 1.807) is 28.8 Å². The predicted octanol–water partition coefficient (Wildman–Crippen LogP) is 2.48. The second-order valence-electron chi connectivity index (χ2n) is 13.3. The lowest BCUT2D eigenvalue weighted by molar-refractivity contribution is -0.183. The molecule has 8 heterocycles. The van der Waals surface area contributed by atoms with Crippen LogP contribution >= 0.6 is 13.4 Å². The van der Waals surface area contributed by atoms with Crippen LogP contribution < -0.4 is 5.56 Å². The van der Waals surface area contributed by atoms with Gasteiger partial charge in [-0.3, -0.25) is 27.8 Å². The fraction of sp³-hybridized carbons (Fsp3) is 0.438. The summed E-state index contributed by atoms with van der Waals surface area (Å²) in [6.07, 6.45) is -4.41. The standard InChI is InChI=1S/C32H30FN9O11P2S2/c33-21-24-20(50-30(21)41-16-40-23-28(41)37-14-38-29(23)44)10-48-54(45,56)53-26-25-31(51-32(26,11-46-25)12-49-55(57,52-24)47-8-4-7-34)42-15-39-22-18(35-13-36-27(22)42)9-19(43)17-5-2-1-3-6-17/h1-3,5-6,13-16,20-21,24-26,30-31H,4,8-12H2,(H,45,56)(H,37,38,44)/t20-,21-,24-,25-,26+,30-,31-,32+,54?,55?/m1/s1. The molecule has 0 amide bonds. The molecule has 4 aromatic heterocycles. The van der Waals surface area contributed by atoms with Crippen molar-refractivity contribution >= 4 is 65.2 Å². The molecular formula is C32H30FN9O11P2S2. The first-order valence-electron chi connectivity index (χ1n) is 17.3. The van der Waals surface area contributed by atoms with E-state index in [0.717, 1.165) is 6.33 Å². The predicted molar refractivity (Wildman–Crippen MR) is 198 cm³/mol. The lowest BCUT2D eigenvalue weighted by atomic mass is 10.0. The molecule has 10 atom stereocenters. The SMILES string of the molecule is N#CCCOP1(=S)OC[C@]23CO[C@@H]([C@H](n4cnc5c(CC(=O)c6ccccc6)ncnc54)O2)[C@@H]3OP(O)(=S)OC[C@H]2O[C@@H](n3cnc4c(=O)[nH]cnc43)[C@H](F)[C@@H]2O1. The Labute approximate surface area is 330 Å². The number of H-pyrrole nitrogens is 1. The Hall–Kier alpha value is -3.85. The first kappa shape index (κ1) is 38.7. The molecule has 1 aromatic carbocycles. The van der Waals surface area contributed by atoms with Gasteiger partial charge in [0.05, 0.1) is 70.0 Å². The van der Waals surface area contributed by atoms with Crippen LogP contribution in [0.4, 0.5) is 4.39 Å². The minimum Gasteiger partial charge on any atom is -0.367 e. The van der Waals surface area contributed by atoms with Crippen molar-refractivity contribution in [1.29, 1.82) is 5.26 Å². The Morgan fingerprint density at radius 2 is 1.81 bits per heavy atom. The lowest BCUT2D eigenvalue weighted by Crippen LogP contribution is -2.46. The molecular weight excluding hydrogens is 831 g/mol. The van der Waals surface area contributed by atoms with E-state index in [2.05, 4.69) is 29.9 Å². The van der Waals surface area contributed by atoms with Gasteiger partial charge in [0.25, 0.3) is 5.56 Å². The van der Waals surface area contributed by atoms with Gasteiger partial charge < -0.3 is 37.7 Å². The van der Waals surface area contributed by atoms with Gasteiger partial charge in [-0.1, -0.05) is 30.3 Å². The number of alkyl halides is 1. The van der Waals surface area contributed by atoms with Crippen molar-refractivity contribution in [3.05, 3.63) is 77.3 Å². The summed E-state index contributed by atoms with van der Waals surface area (Å²) in [7, 11) is 0. The van der Waals surface area contributed by atoms with Gasteiger partial charge in [-0.15, -0.1) is 0 Å². The van der Waals surface area contributed by atoms with Gasteiger partial charge in [0.2, 0.25) is 0 Å². The average Bonchev–Trinajstić information content (AvgIpc) is 4.02. The number of aromatic nitrogens is 8. The van der Waals surface area contributed by atoms with Crippen LogP contribution in [0.15, 0.2) is 60.4 Å². The number of nitrogens with zero attached hydrogens (tertiary/aromatic N) is 8. The highest BCUT2D eigenvalue weighted by molar-refractivity contribution is 8.07. The zero-order valence-corrected chi connectivity index (χ0v) is 32.6. The van der Waals surface area contributed by atoms with E-state index >= 15 is 4.39 Å². The summed E-state index contributed by atoms with van der Waals surface area (Å²) in [4.78, 5) is 60.7. The van der Waals surface area contributed by atoms with E-state index < -0.39 is 80.9 Å². The molecule has 9 rings (SSSR count). The Morgan fingerprint density at radius 3 is 2.61 bits per heavy atom. The number of halogens is 1. The first-order chi connectivity index (χ1) is 27.5. The van der Waals surface area contributed by atoms with Crippen molar-refractivity contribution in [1.82, 2.24) is 39.0 Å². The summed E-state index contributed by atoms with van der Waals surface area (Å²) >= 11 is 11.3. The molecule has 2 bridgehead atoms. The third-order valence-corrected chi connectivity index (χ3v) is 13.7. The van der Waals surface area contributed by atoms with Crippen LogP contribution in [0.3, 0.4) is 0 Å². The topological polar surface area (TPSA) is 242 Å². The van der Waals surface area contributed by atoms with Crippen LogP contribution in [0.1, 0.15) is 34.9 Å². The molecule has 4 aliphatic rings. The summed E-state index contributed by atoms with van der Waals surface area (Å²) in [6, 6.07) is 10.7. The van der Waals surface area contributed by atoms with Crippen LogP contribution in [0.2, 0.25) is 0 Å². The van der Waals surface area contributed by atoms with Crippen molar-refractivity contribution in [2.24, 2.45) is 0 Å². The number of hydrogen-bond acceptors (Lipinski definition) is 18. The molecule has 2 unspecified atom stereocenters. The Bertz CT molecular complexity index is 2560. The monoisotopic (exact) mass is 861 g/mol. The fourth-order valence-corrected chi connectivity index (χ4v) is 10.8. The van der Waals surface area contributed by atoms with E-state index in [1.165, 1.54) is 23.5 Å². The van der Waals surface area contributed by atoms with E-state index in [4.69, 9.17) is 60.4 Å². The van der Waals surface area contributed by atoms with Crippen LogP contribution in [0.5, 0.6) is 0 Å². The number of nitrogens with one attached hydrogen (secondary N) is 1. The van der Waals surface area contributed by atoms with E-state index in [1.807, 2.05) is 12.1 Å². The number of rotatable bonds is 8. The molecule has 5 aromatic rings. The van der Waals surface area contributed by atoms with Gasteiger partial charge in [0, 0.05) is 5.56 Å². The average molecular weight is 862 g/mol. The number of carbonyl (C=O) groups excluding carboxylic acids is 1. The van der Waals surface area contributed by atoms with Crippen molar-refractivity contribution in [2.45, 2.75) is 61.5 Å². The number of Topliss-reactive ketones (excluding diaryl/α,β-unsaturated/α-hetero) is 1. The number of fused-ring (bicyclic) bond motifs is 3. The fourth-order valence-electron chi connectivity index (χ4n) is 7.18. The maximum atomic E-state index is 16.6. The number of aromatic amines is 1. The van der Waals surface area contributed by atoms with Gasteiger partial charge >= 0.3 is 13.4 Å². The highest BCUT2D eigenvalue weighted by atomic mass is 32.5. The number of ketones is 1. The highest BCUT2D eigenvalue weighted by Crippen LogP contribution is 2.60. The molecule has 0 saturated carbocycles. The smallest absolute Gasteiger partial charge is 0.327 e. The molecule has 4 aliphatic heterocycles. The summed E-state index contributed by atoms with van der Waals surface area (Å²) in [5.41, 5.74) is -0.519. The first-order valence-corrected chi connectivity index (χ1v) is 22.5. The summed E-state index contributed by atoms with van der Waals surface area (Å²) < 4.78 is 68.5. The highest BCUT2D eigenvalue weighted by Gasteiger charge is 2.65. The number of hydrogen-bond donors (Lipinski definition) is 2. The van der Waals surface area contributed by atoms with E-state index in [-0.39, 0.29) is 43.0 Å². The molecule has 0 spiro atoms. The molecule has 20 nitrogen and oxygen atoms in total. The van der Waals surface area contributed by atoms with Crippen molar-refractivity contribution in [2.75, 3.05) is 26.4 Å². The van der Waals surface area contributed by atoms with Crippen molar-refractivity contribution < 1.29 is 50.9 Å². The number of nitriles is 1. The summed E-state index contributed by atoms with van der Waals surface area (Å²) in [5, 5.41) is 9.25. The third kappa shape index (κ3) is 7.08. The Balaban J connectivity index is 1.02. The maximum absolute atomic E-state index is 16.6. The molecule has 4 fully saturated rings. The van der Waals surface area contributed by atoms with Crippen molar-refractivity contribution in [3.8, 4) is 6.07 Å². The maximum Gasteiger partial charge on any atom is 0.327 e. The van der Waals surface area contributed by atoms with Gasteiger partial charge in [-0.2, -0.15) is 5.26 Å². The van der Waals surface area contributed by atoms with Gasteiger partial charge in [-0.25, -0.2) is 29.3 Å². The quantitative estimate of drug-likeness (QED) is 0.129. The van der Waals surface area contributed by atoms with E-state index in [0.29, 0.717) is 22.4 Å². The van der Waals surface area contributed by atoms with Crippen LogP contribution in [0.25, 0.3) is 22.3 Å². The summed E-state index contributed by atoms with van der Waals surface area (Å²) in [5.74, 6) is -0.164. The molecule has 298 valence electrons. The zero-order chi connectivity index (χ0) is 39.5. The second kappa shape index (κ2) is 15.1. The lowest BCUT2D eigenvalue weighted by Gasteiger charge is -2.35. The number of benzene rings is 1. The van der Waals surface area contributed by atoms with Gasteiger partial charge in [0.1, 0.15) is 41.9 Å².